The molecule has 0 radical (unpaired) electrons. The maximum Gasteiger partial charge on any atom is 0.195 e. The Kier molecular flexibility index (Phi) is 7.28. The van der Waals surface area contributed by atoms with Crippen molar-refractivity contribution in [1.29, 1.82) is 0 Å². The van der Waals surface area contributed by atoms with Gasteiger partial charge in [0.1, 0.15) is 6.10 Å². The van der Waals surface area contributed by atoms with E-state index in [2.05, 4.69) is 6.92 Å². The van der Waals surface area contributed by atoms with Gasteiger partial charge in [0.05, 0.1) is 24.4 Å². The molecule has 1 rings (SSSR count). The van der Waals surface area contributed by atoms with Crippen LogP contribution >= 0.6 is 0 Å². The van der Waals surface area contributed by atoms with Gasteiger partial charge in [0.15, 0.2) is 5.79 Å². The summed E-state index contributed by atoms with van der Waals surface area (Å²) in [6, 6.07) is 0. The second kappa shape index (κ2) is 8.00. The Bertz CT molecular complexity index is 393. The lowest BCUT2D eigenvalue weighted by molar-refractivity contribution is -0.380. The summed E-state index contributed by atoms with van der Waals surface area (Å²) in [5.41, 5.74) is -0.759. The first-order valence-electron chi connectivity index (χ1n) is 9.29. The smallest absolute Gasteiger partial charge is 0.195 e. The summed E-state index contributed by atoms with van der Waals surface area (Å²) in [7, 11) is 0. The van der Waals surface area contributed by atoms with Crippen molar-refractivity contribution >= 4 is 0 Å². The molecule has 0 spiro atoms. The van der Waals surface area contributed by atoms with E-state index >= 15 is 0 Å². The van der Waals surface area contributed by atoms with Gasteiger partial charge in [0, 0.05) is 5.92 Å². The van der Waals surface area contributed by atoms with Gasteiger partial charge < -0.3 is 24.8 Å². The van der Waals surface area contributed by atoms with E-state index in [0.29, 0.717) is 0 Å². The molecule has 5 nitrogen and oxygen atoms in total. The maximum atomic E-state index is 10.8. The second-order valence-electron chi connectivity index (χ2n) is 8.62. The van der Waals surface area contributed by atoms with Crippen molar-refractivity contribution in [3.8, 4) is 0 Å². The molecule has 1 fully saturated rings. The Morgan fingerprint density at radius 3 is 2.17 bits per heavy atom. The van der Waals surface area contributed by atoms with Crippen molar-refractivity contribution in [1.82, 2.24) is 0 Å². The normalized spacial score (nSPS) is 35.2. The fourth-order valence-electron chi connectivity index (χ4n) is 3.81. The minimum Gasteiger partial charge on any atom is -0.394 e. The van der Waals surface area contributed by atoms with Crippen LogP contribution in [0, 0.1) is 11.3 Å². The molecule has 0 saturated carbocycles. The zero-order chi connectivity index (χ0) is 18.8. The van der Waals surface area contributed by atoms with Crippen LogP contribution in [-0.2, 0) is 9.47 Å². The molecule has 0 amide bonds. The van der Waals surface area contributed by atoms with Gasteiger partial charge in [-0.15, -0.1) is 0 Å². The highest BCUT2D eigenvalue weighted by Gasteiger charge is 2.56. The average Bonchev–Trinajstić information content (AvgIpc) is 2.49. The molecule has 0 aliphatic carbocycles. The van der Waals surface area contributed by atoms with E-state index in [1.807, 2.05) is 34.6 Å². The van der Waals surface area contributed by atoms with Gasteiger partial charge in [-0.25, -0.2) is 0 Å². The van der Waals surface area contributed by atoms with Crippen molar-refractivity contribution in [2.24, 2.45) is 11.3 Å². The summed E-state index contributed by atoms with van der Waals surface area (Å²) in [6.07, 6.45) is 0.943. The number of aliphatic hydroxyl groups is 3. The number of hydrogen-bond acceptors (Lipinski definition) is 5. The van der Waals surface area contributed by atoms with Crippen LogP contribution in [0.3, 0.4) is 0 Å². The Morgan fingerprint density at radius 2 is 1.71 bits per heavy atom. The summed E-state index contributed by atoms with van der Waals surface area (Å²) < 4.78 is 12.2. The molecule has 5 unspecified atom stereocenters. The lowest BCUT2D eigenvalue weighted by atomic mass is 9.67. The van der Waals surface area contributed by atoms with Crippen LogP contribution in [0.15, 0.2) is 0 Å². The molecule has 0 aromatic carbocycles. The van der Waals surface area contributed by atoms with E-state index in [1.54, 1.807) is 6.92 Å². The van der Waals surface area contributed by atoms with Crippen molar-refractivity contribution in [2.75, 3.05) is 6.61 Å². The lowest BCUT2D eigenvalue weighted by Gasteiger charge is -2.54. The van der Waals surface area contributed by atoms with Crippen LogP contribution in [-0.4, -0.2) is 51.6 Å². The van der Waals surface area contributed by atoms with Crippen molar-refractivity contribution in [3.05, 3.63) is 0 Å². The molecule has 0 aromatic rings. The standard InChI is InChI=1S/C19H38O5/c1-8-10-11-18(5,6)24-19(7)16(22)15(21)14(13(12-20)23-19)17(3,4)9-2/h13-16,20-22H,8-12H2,1-7H3. The van der Waals surface area contributed by atoms with E-state index in [4.69, 9.17) is 9.47 Å². The summed E-state index contributed by atoms with van der Waals surface area (Å²) in [5.74, 6) is -1.71. The molecular formula is C19H38O5. The highest BCUT2D eigenvalue weighted by Crippen LogP contribution is 2.45. The van der Waals surface area contributed by atoms with E-state index < -0.39 is 29.7 Å². The topological polar surface area (TPSA) is 79.2 Å². The monoisotopic (exact) mass is 346 g/mol. The fourth-order valence-corrected chi connectivity index (χ4v) is 3.81. The van der Waals surface area contributed by atoms with E-state index in [0.717, 1.165) is 25.7 Å². The predicted molar refractivity (Wildman–Crippen MR) is 94.6 cm³/mol. The molecule has 5 heteroatoms. The lowest BCUT2D eigenvalue weighted by Crippen LogP contribution is -2.66. The summed E-state index contributed by atoms with van der Waals surface area (Å²) in [6.45, 7) is 13.6. The predicted octanol–water partition coefficient (Wildman–Crippen LogP) is 2.85. The first-order valence-corrected chi connectivity index (χ1v) is 9.29. The van der Waals surface area contributed by atoms with E-state index in [-0.39, 0.29) is 17.9 Å². The Hall–Kier alpha value is -0.200. The average molecular weight is 347 g/mol. The highest BCUT2D eigenvalue weighted by atomic mass is 16.7. The highest BCUT2D eigenvalue weighted by molar-refractivity contribution is 5.00. The third-order valence-electron chi connectivity index (χ3n) is 5.62. The second-order valence-corrected chi connectivity index (χ2v) is 8.62. The molecule has 3 N–H and O–H groups in total. The van der Waals surface area contributed by atoms with Crippen LogP contribution in [0.2, 0.25) is 0 Å². The third kappa shape index (κ3) is 4.70. The number of unbranched alkanes of at least 4 members (excludes halogenated alkanes) is 1. The van der Waals surface area contributed by atoms with Gasteiger partial charge in [0.25, 0.3) is 0 Å². The number of aliphatic hydroxyl groups excluding tert-OH is 3. The van der Waals surface area contributed by atoms with Crippen molar-refractivity contribution < 1.29 is 24.8 Å². The summed E-state index contributed by atoms with van der Waals surface area (Å²) in [5, 5.41) is 31.4. The van der Waals surface area contributed by atoms with Crippen molar-refractivity contribution in [3.63, 3.8) is 0 Å². The molecular weight excluding hydrogens is 308 g/mol. The largest absolute Gasteiger partial charge is 0.394 e. The van der Waals surface area contributed by atoms with Gasteiger partial charge in [0.2, 0.25) is 0 Å². The Morgan fingerprint density at radius 1 is 1.12 bits per heavy atom. The molecule has 144 valence electrons. The fraction of sp³-hybridized carbons (Fsp3) is 1.00. The van der Waals surface area contributed by atoms with Gasteiger partial charge >= 0.3 is 0 Å². The van der Waals surface area contributed by atoms with Crippen LogP contribution in [0.1, 0.15) is 74.1 Å². The zero-order valence-electron chi connectivity index (χ0n) is 16.5. The van der Waals surface area contributed by atoms with E-state index in [1.165, 1.54) is 0 Å². The summed E-state index contributed by atoms with van der Waals surface area (Å²) >= 11 is 0. The molecule has 1 saturated heterocycles. The minimum atomic E-state index is -1.34. The molecule has 1 aliphatic heterocycles. The third-order valence-corrected chi connectivity index (χ3v) is 5.62. The van der Waals surface area contributed by atoms with Crippen LogP contribution in [0.25, 0.3) is 0 Å². The quantitative estimate of drug-likeness (QED) is 0.630. The zero-order valence-corrected chi connectivity index (χ0v) is 16.5. The van der Waals surface area contributed by atoms with Gasteiger partial charge in [-0.3, -0.25) is 0 Å². The first kappa shape index (κ1) is 21.8. The first-order chi connectivity index (χ1) is 10.9. The molecule has 24 heavy (non-hydrogen) atoms. The molecule has 1 aliphatic rings. The number of hydrogen-bond donors (Lipinski definition) is 3. The Labute approximate surface area is 147 Å². The molecule has 1 heterocycles. The van der Waals surface area contributed by atoms with Crippen LogP contribution in [0.5, 0.6) is 0 Å². The molecule has 0 aromatic heterocycles. The number of ether oxygens (including phenoxy) is 2. The molecule has 5 atom stereocenters. The SMILES string of the molecule is CCCCC(C)(C)OC1(C)OC(CO)C(C(C)(C)CC)C(O)C1O. The van der Waals surface area contributed by atoms with Crippen LogP contribution in [0.4, 0.5) is 0 Å². The van der Waals surface area contributed by atoms with Gasteiger partial charge in [-0.05, 0) is 32.6 Å². The minimum absolute atomic E-state index is 0.216. The molecule has 0 bridgehead atoms. The van der Waals surface area contributed by atoms with Gasteiger partial charge in [-0.1, -0.05) is 47.0 Å². The maximum absolute atomic E-state index is 10.8. The van der Waals surface area contributed by atoms with Crippen LogP contribution < -0.4 is 0 Å². The van der Waals surface area contributed by atoms with Crippen molar-refractivity contribution in [2.45, 2.75) is 104 Å². The number of rotatable bonds is 8. The van der Waals surface area contributed by atoms with E-state index in [9.17, 15) is 15.3 Å². The Balaban J connectivity index is 3.04. The van der Waals surface area contributed by atoms with Gasteiger partial charge in [-0.2, -0.15) is 0 Å². The summed E-state index contributed by atoms with van der Waals surface area (Å²) in [4.78, 5) is 0.